The first kappa shape index (κ1) is 15.0. The van der Waals surface area contributed by atoms with Gasteiger partial charge in [-0.25, -0.2) is 4.98 Å². The van der Waals surface area contributed by atoms with E-state index >= 15 is 0 Å². The molecule has 2 heterocycles. The van der Waals surface area contributed by atoms with Crippen molar-refractivity contribution in [2.75, 3.05) is 0 Å². The summed E-state index contributed by atoms with van der Waals surface area (Å²) in [5.74, 6) is 0.812. The predicted octanol–water partition coefficient (Wildman–Crippen LogP) is 5.01. The third-order valence-electron chi connectivity index (χ3n) is 4.21. The van der Waals surface area contributed by atoms with Gasteiger partial charge in [-0.05, 0) is 48.7 Å². The molecule has 0 saturated heterocycles. The summed E-state index contributed by atoms with van der Waals surface area (Å²) in [6, 6.07) is 16.3. The van der Waals surface area contributed by atoms with E-state index in [4.69, 9.17) is 16.1 Å². The van der Waals surface area contributed by atoms with E-state index in [-0.39, 0.29) is 0 Å². The number of aromatic nitrogens is 3. The second-order valence-corrected chi connectivity index (χ2v) is 6.19. The van der Waals surface area contributed by atoms with Gasteiger partial charge in [0.2, 0.25) is 5.28 Å². The maximum absolute atomic E-state index is 6.38. The first-order chi connectivity index (χ1) is 11.6. The van der Waals surface area contributed by atoms with E-state index in [1.54, 1.807) is 0 Å². The van der Waals surface area contributed by atoms with E-state index in [2.05, 4.69) is 28.3 Å². The van der Waals surface area contributed by atoms with E-state index < -0.39 is 0 Å². The van der Waals surface area contributed by atoms with E-state index in [0.29, 0.717) is 11.8 Å². The molecule has 0 saturated carbocycles. The minimum atomic E-state index is 0.491. The lowest BCUT2D eigenvalue weighted by Crippen LogP contribution is -1.99. The van der Waals surface area contributed by atoms with Crippen molar-refractivity contribution in [3.8, 4) is 11.1 Å². The monoisotopic (exact) mass is 337 g/mol. The Morgan fingerprint density at radius 2 is 1.88 bits per heavy atom. The zero-order valence-corrected chi connectivity index (χ0v) is 14.2. The molecule has 4 rings (SSSR count). The van der Waals surface area contributed by atoms with Crippen LogP contribution >= 0.6 is 11.6 Å². The molecule has 0 atom stereocenters. The summed E-state index contributed by atoms with van der Waals surface area (Å²) in [6.07, 6.45) is 0. The third-order valence-corrected chi connectivity index (χ3v) is 4.50. The number of hydrogen-bond acceptors (Lipinski definition) is 3. The molecule has 0 spiro atoms. The van der Waals surface area contributed by atoms with E-state index in [1.807, 2.05) is 48.7 Å². The quantitative estimate of drug-likeness (QED) is 0.528. The molecule has 0 radical (unpaired) electrons. The van der Waals surface area contributed by atoms with Gasteiger partial charge in [-0.2, -0.15) is 0 Å². The molecule has 0 aliphatic heterocycles. The summed E-state index contributed by atoms with van der Waals surface area (Å²) in [4.78, 5) is 4.47. The fourth-order valence-electron chi connectivity index (χ4n) is 3.06. The van der Waals surface area contributed by atoms with Crippen LogP contribution in [0.2, 0.25) is 5.28 Å². The average Bonchev–Trinajstić information content (AvgIpc) is 3.08. The number of hydrogen-bond donors (Lipinski definition) is 0. The first-order valence-corrected chi connectivity index (χ1v) is 8.14. The zero-order chi connectivity index (χ0) is 16.7. The largest absolute Gasteiger partial charge is 0.361 e. The van der Waals surface area contributed by atoms with Gasteiger partial charge in [0.1, 0.15) is 5.76 Å². The third kappa shape index (κ3) is 2.49. The van der Waals surface area contributed by atoms with Gasteiger partial charge in [-0.3, -0.25) is 0 Å². The Bertz CT molecular complexity index is 998. The van der Waals surface area contributed by atoms with E-state index in [9.17, 15) is 0 Å². The standard InChI is InChI=1S/C19H16ClN3O/c1-12-18(13(2)24-22-12)15-8-9-16-17(10-15)23(19(20)21-16)11-14-6-4-3-5-7-14/h3-10H,11H2,1-2H3. The molecular formula is C19H16ClN3O. The van der Waals surface area contributed by atoms with E-state index in [1.165, 1.54) is 5.56 Å². The molecule has 24 heavy (non-hydrogen) atoms. The van der Waals surface area contributed by atoms with Crippen LogP contribution in [0.3, 0.4) is 0 Å². The number of benzene rings is 2. The summed E-state index contributed by atoms with van der Waals surface area (Å²) < 4.78 is 7.32. The molecular weight excluding hydrogens is 322 g/mol. The Labute approximate surface area is 144 Å². The smallest absolute Gasteiger partial charge is 0.204 e. The number of halogens is 1. The van der Waals surface area contributed by atoms with Gasteiger partial charge in [-0.15, -0.1) is 0 Å². The second-order valence-electron chi connectivity index (χ2n) is 5.86. The van der Waals surface area contributed by atoms with Crippen molar-refractivity contribution in [1.82, 2.24) is 14.7 Å². The number of imidazole rings is 1. The highest BCUT2D eigenvalue weighted by Crippen LogP contribution is 2.31. The summed E-state index contributed by atoms with van der Waals surface area (Å²) in [7, 11) is 0. The van der Waals surface area contributed by atoms with Gasteiger partial charge >= 0.3 is 0 Å². The van der Waals surface area contributed by atoms with Gasteiger partial charge in [-0.1, -0.05) is 41.6 Å². The lowest BCUT2D eigenvalue weighted by molar-refractivity contribution is 0.393. The molecule has 0 amide bonds. The van der Waals surface area contributed by atoms with Crippen molar-refractivity contribution in [1.29, 1.82) is 0 Å². The molecule has 2 aromatic heterocycles. The highest BCUT2D eigenvalue weighted by molar-refractivity contribution is 6.29. The Morgan fingerprint density at radius 3 is 2.58 bits per heavy atom. The number of nitrogens with zero attached hydrogens (tertiary/aromatic N) is 3. The van der Waals surface area contributed by atoms with Crippen LogP contribution < -0.4 is 0 Å². The molecule has 5 heteroatoms. The molecule has 0 bridgehead atoms. The van der Waals surface area contributed by atoms with Gasteiger partial charge in [0.25, 0.3) is 0 Å². The Morgan fingerprint density at radius 1 is 1.08 bits per heavy atom. The van der Waals surface area contributed by atoms with Crippen molar-refractivity contribution < 1.29 is 4.52 Å². The molecule has 0 fully saturated rings. The first-order valence-electron chi connectivity index (χ1n) is 7.76. The van der Waals surface area contributed by atoms with Crippen LogP contribution in [0.15, 0.2) is 53.1 Å². The maximum Gasteiger partial charge on any atom is 0.204 e. The van der Waals surface area contributed by atoms with Crippen LogP contribution in [0.1, 0.15) is 17.0 Å². The van der Waals surface area contributed by atoms with Crippen LogP contribution in [0.4, 0.5) is 0 Å². The lowest BCUT2D eigenvalue weighted by Gasteiger charge is -2.07. The van der Waals surface area contributed by atoms with Crippen molar-refractivity contribution in [2.24, 2.45) is 0 Å². The maximum atomic E-state index is 6.38. The fraction of sp³-hybridized carbons (Fsp3) is 0.158. The number of rotatable bonds is 3. The Balaban J connectivity index is 1.85. The van der Waals surface area contributed by atoms with Crippen LogP contribution in [0.5, 0.6) is 0 Å². The lowest BCUT2D eigenvalue weighted by atomic mass is 10.0. The molecule has 0 unspecified atom stereocenters. The SMILES string of the molecule is Cc1noc(C)c1-c1ccc2nc(Cl)n(Cc3ccccc3)c2c1. The van der Waals surface area contributed by atoms with Gasteiger partial charge in [0.15, 0.2) is 0 Å². The fourth-order valence-corrected chi connectivity index (χ4v) is 3.30. The summed E-state index contributed by atoms with van der Waals surface area (Å²) in [5, 5.41) is 4.54. The van der Waals surface area contributed by atoms with Crippen LogP contribution in [0.25, 0.3) is 22.2 Å². The summed E-state index contributed by atoms with van der Waals surface area (Å²) >= 11 is 6.38. The Hall–Kier alpha value is -2.59. The summed E-state index contributed by atoms with van der Waals surface area (Å²) in [6.45, 7) is 4.55. The molecule has 0 N–H and O–H groups in total. The van der Waals surface area contributed by atoms with Crippen LogP contribution in [0, 0.1) is 13.8 Å². The number of fused-ring (bicyclic) bond motifs is 1. The Kier molecular flexibility index (Phi) is 3.62. The minimum absolute atomic E-state index is 0.491. The molecule has 120 valence electrons. The predicted molar refractivity (Wildman–Crippen MR) is 95.3 cm³/mol. The average molecular weight is 338 g/mol. The molecule has 0 aliphatic rings. The van der Waals surface area contributed by atoms with E-state index in [0.717, 1.165) is 33.6 Å². The molecule has 0 aliphatic carbocycles. The van der Waals surface area contributed by atoms with Gasteiger partial charge in [0.05, 0.1) is 23.3 Å². The topological polar surface area (TPSA) is 43.9 Å². The minimum Gasteiger partial charge on any atom is -0.361 e. The van der Waals surface area contributed by atoms with Gasteiger partial charge < -0.3 is 9.09 Å². The van der Waals surface area contributed by atoms with Crippen molar-refractivity contribution in [3.05, 3.63) is 70.8 Å². The van der Waals surface area contributed by atoms with Crippen molar-refractivity contribution >= 4 is 22.6 Å². The van der Waals surface area contributed by atoms with Crippen molar-refractivity contribution in [2.45, 2.75) is 20.4 Å². The van der Waals surface area contributed by atoms with Crippen molar-refractivity contribution in [3.63, 3.8) is 0 Å². The molecule has 2 aromatic carbocycles. The van der Waals surface area contributed by atoms with Crippen LogP contribution in [-0.2, 0) is 6.54 Å². The molecule has 4 nitrogen and oxygen atoms in total. The normalized spacial score (nSPS) is 11.3. The van der Waals surface area contributed by atoms with Gasteiger partial charge in [0, 0.05) is 5.56 Å². The second kappa shape index (κ2) is 5.80. The molecule has 4 aromatic rings. The van der Waals surface area contributed by atoms with Crippen LogP contribution in [-0.4, -0.2) is 14.7 Å². The number of aryl methyl sites for hydroxylation is 2. The highest BCUT2D eigenvalue weighted by atomic mass is 35.5. The zero-order valence-electron chi connectivity index (χ0n) is 13.5. The highest BCUT2D eigenvalue weighted by Gasteiger charge is 2.15. The summed E-state index contributed by atoms with van der Waals surface area (Å²) in [5.41, 5.74) is 6.03.